The molecule has 1 amide bonds. The summed E-state index contributed by atoms with van der Waals surface area (Å²) >= 11 is 0. The number of aromatic nitrogens is 2. The minimum absolute atomic E-state index is 0.00525. The predicted molar refractivity (Wildman–Crippen MR) is 228 cm³/mol. The third-order valence-corrected chi connectivity index (χ3v) is 11.8. The van der Waals surface area contributed by atoms with Gasteiger partial charge in [-0.3, -0.25) is 23.8 Å². The largest absolute Gasteiger partial charge is 0.505 e. The molecule has 2 aliphatic heterocycles. The van der Waals surface area contributed by atoms with Crippen molar-refractivity contribution in [1.29, 1.82) is 0 Å². The van der Waals surface area contributed by atoms with Crippen molar-refractivity contribution in [3.8, 4) is 17.6 Å². The molecule has 1 unspecified atom stereocenters. The summed E-state index contributed by atoms with van der Waals surface area (Å²) < 4.78 is 19.3. The van der Waals surface area contributed by atoms with Crippen LogP contribution in [0.25, 0.3) is 28.0 Å². The van der Waals surface area contributed by atoms with E-state index in [4.69, 9.17) is 19.2 Å². The number of pyridine rings is 1. The number of aliphatic hydroxyl groups excluding tert-OH is 3. The van der Waals surface area contributed by atoms with Crippen LogP contribution in [0.2, 0.25) is 0 Å². The van der Waals surface area contributed by atoms with Crippen molar-refractivity contribution in [2.24, 2.45) is 34.6 Å². The number of nitrogens with zero attached hydrogens (tertiary/aromatic N) is 3. The second-order valence-corrected chi connectivity index (χ2v) is 16.6. The molecule has 15 heteroatoms. The van der Waals surface area contributed by atoms with Gasteiger partial charge in [0.25, 0.3) is 11.7 Å². The first-order chi connectivity index (χ1) is 28.8. The molecule has 2 aromatic heterocycles. The molecule has 0 fully saturated rings. The monoisotopic (exact) mass is 838 g/mol. The van der Waals surface area contributed by atoms with E-state index in [0.717, 1.165) is 13.2 Å². The van der Waals surface area contributed by atoms with Crippen LogP contribution in [0.3, 0.4) is 0 Å². The number of hydrogen-bond acceptors (Lipinski definition) is 13. The molecule has 1 aromatic carbocycles. The first-order valence-corrected chi connectivity index (χ1v) is 20.3. The van der Waals surface area contributed by atoms with E-state index < -0.39 is 89.0 Å². The van der Waals surface area contributed by atoms with Crippen molar-refractivity contribution in [2.75, 3.05) is 12.4 Å². The summed E-state index contributed by atoms with van der Waals surface area (Å²) in [5, 5.41) is 61.6. The highest BCUT2D eigenvalue weighted by Gasteiger charge is 2.46. The Morgan fingerprint density at radius 1 is 1.13 bits per heavy atom. The van der Waals surface area contributed by atoms with E-state index in [1.165, 1.54) is 26.2 Å². The molecule has 4 heterocycles. The van der Waals surface area contributed by atoms with Crippen LogP contribution < -0.4 is 15.8 Å². The first-order valence-electron chi connectivity index (χ1n) is 20.3. The van der Waals surface area contributed by atoms with E-state index in [0.29, 0.717) is 11.2 Å². The van der Waals surface area contributed by atoms with Crippen LogP contribution in [0.1, 0.15) is 67.4 Å². The van der Waals surface area contributed by atoms with E-state index >= 15 is 0 Å². The van der Waals surface area contributed by atoms with Crippen LogP contribution in [-0.2, 0) is 28.6 Å². The molecule has 10 atom stereocenters. The van der Waals surface area contributed by atoms with Crippen molar-refractivity contribution in [2.45, 2.75) is 98.1 Å². The van der Waals surface area contributed by atoms with E-state index in [-0.39, 0.29) is 50.8 Å². The van der Waals surface area contributed by atoms with Crippen molar-refractivity contribution in [3.05, 3.63) is 70.5 Å². The minimum atomic E-state index is -2.55. The van der Waals surface area contributed by atoms with E-state index in [1.807, 2.05) is 13.8 Å². The number of benzene rings is 1. The van der Waals surface area contributed by atoms with Gasteiger partial charge < -0.3 is 45.1 Å². The smallest absolute Gasteiger partial charge is 0.302 e. The van der Waals surface area contributed by atoms with Gasteiger partial charge in [0, 0.05) is 79.4 Å². The maximum Gasteiger partial charge on any atom is 0.302 e. The number of phenols is 1. The topological polar surface area (TPSA) is 222 Å². The lowest BCUT2D eigenvalue weighted by Gasteiger charge is -2.40. The van der Waals surface area contributed by atoms with Crippen molar-refractivity contribution < 1.29 is 54.1 Å². The molecule has 3 aromatic rings. The summed E-state index contributed by atoms with van der Waals surface area (Å²) in [6.07, 6.45) is 6.15. The lowest BCUT2D eigenvalue weighted by molar-refractivity contribution is -0.173. The number of ether oxygens (including phenoxy) is 3. The molecule has 1 aliphatic carbocycles. The number of aromatic hydroxyl groups is 1. The third-order valence-electron chi connectivity index (χ3n) is 11.8. The second-order valence-electron chi connectivity index (χ2n) is 16.6. The molecule has 0 radical (unpaired) electrons. The fourth-order valence-corrected chi connectivity index (χ4v) is 8.37. The lowest BCUT2D eigenvalue weighted by Crippen LogP contribution is -2.49. The molecular formula is C46H54N4O11. The number of carbonyl (C=O) groups excluding carboxylic acids is 3. The number of ketones is 1. The summed E-state index contributed by atoms with van der Waals surface area (Å²) in [4.78, 5) is 51.3. The molecule has 3 aliphatic rings. The van der Waals surface area contributed by atoms with Gasteiger partial charge in [-0.25, -0.2) is 4.98 Å². The minimum Gasteiger partial charge on any atom is -0.505 e. The maximum atomic E-state index is 15.0. The zero-order valence-electron chi connectivity index (χ0n) is 35.7. The van der Waals surface area contributed by atoms with Gasteiger partial charge >= 0.3 is 5.97 Å². The molecule has 6 rings (SSSR count). The number of esters is 1. The normalized spacial score (nSPS) is 32.0. The summed E-state index contributed by atoms with van der Waals surface area (Å²) in [7, 11) is 1.41. The van der Waals surface area contributed by atoms with Gasteiger partial charge in [-0.05, 0) is 56.9 Å². The Morgan fingerprint density at radius 2 is 1.85 bits per heavy atom. The zero-order valence-corrected chi connectivity index (χ0v) is 35.7. The number of aliphatic hydroxyl groups is 4. The Kier molecular flexibility index (Phi) is 13.0. The van der Waals surface area contributed by atoms with Gasteiger partial charge in [0.05, 0.1) is 35.7 Å². The number of nitrogens with one attached hydrogen (secondary N) is 1. The zero-order chi connectivity index (χ0) is 44.7. The van der Waals surface area contributed by atoms with E-state index in [9.17, 15) is 39.9 Å². The Bertz CT molecular complexity index is 2570. The summed E-state index contributed by atoms with van der Waals surface area (Å²) in [6, 6.07) is 3.48. The highest BCUT2D eigenvalue weighted by atomic mass is 16.6. The summed E-state index contributed by atoms with van der Waals surface area (Å²) in [5.74, 6) is -4.74. The van der Waals surface area contributed by atoms with Gasteiger partial charge in [-0.2, -0.15) is 0 Å². The predicted octanol–water partition coefficient (Wildman–Crippen LogP) is 3.33. The fraction of sp³-hybridized carbons (Fsp3) is 0.457. The van der Waals surface area contributed by atoms with Crippen LogP contribution >= 0.6 is 0 Å². The quantitative estimate of drug-likeness (QED) is 0.0965. The maximum absolute atomic E-state index is 15.0. The molecule has 0 saturated heterocycles. The number of methoxy groups -OCH3 is 1. The van der Waals surface area contributed by atoms with Crippen LogP contribution in [0.4, 0.5) is 5.69 Å². The van der Waals surface area contributed by atoms with Crippen molar-refractivity contribution in [3.63, 3.8) is 0 Å². The Hall–Kier alpha value is -5.79. The molecule has 15 nitrogen and oxygen atoms in total. The van der Waals surface area contributed by atoms with Gasteiger partial charge in [0.1, 0.15) is 28.5 Å². The number of fused-ring (bicyclic) bond motifs is 6. The van der Waals surface area contributed by atoms with Gasteiger partial charge in [0.15, 0.2) is 11.5 Å². The SMILES string of the molecule is CO[C@H]1/C=C/O[C@@](C)(O)C(=O)C2=c3c4c(O)c(c5c3nc3cc(/C=N/C(C)C)ccn35)NC(=O)/C(C)=C\C=C\[C@H](C)[C@H](O)[C@@H](C)[C@@H](O)[C@@H](C)[C@H](OC(C)=O)[C@@H]1CC2C#CC=4O. The first kappa shape index (κ1) is 44.8. The molecule has 6 bridgehead atoms. The highest BCUT2D eigenvalue weighted by molar-refractivity contribution is 6.21. The van der Waals surface area contributed by atoms with Crippen molar-refractivity contribution >= 4 is 57.6 Å². The van der Waals surface area contributed by atoms with E-state index in [2.05, 4.69) is 22.2 Å². The summed E-state index contributed by atoms with van der Waals surface area (Å²) in [5.41, 5.74) is 1.02. The number of phenolic OH excluding ortho intramolecular Hbond substituents is 1. The molecule has 6 N–H and O–H groups in total. The standard InChI is InChI=1S/C46H54N4O11/c1-22(2)47-21-28-15-17-50-33(19-28)48-37-36-34-29-13-14-31(52)35(36)42(55)38(39(37)50)49-45(57)24(4)12-10-11-23(3)40(53)25(5)41(54)26(6)43(61-27(7)51)30(20-29)32(59-9)16-18-60-46(8,58)44(34)56/h10-12,15-19,21-23,25-26,29-30,32,40-41,43,52-55,58H,20H2,1-9H3,(H,49,57)/b11-10+,18-16+,24-12-,47-21+/t23-,25+,26+,29?,30+,32-,40-,41+,43-,46+/m0/s1. The van der Waals surface area contributed by atoms with Crippen LogP contribution in [0, 0.1) is 41.4 Å². The highest BCUT2D eigenvalue weighted by Crippen LogP contribution is 2.39. The number of hydrogen-bond donors (Lipinski definition) is 6. The number of aliphatic imine (C=N–C) groups is 1. The lowest BCUT2D eigenvalue weighted by atomic mass is 9.73. The Morgan fingerprint density at radius 3 is 2.52 bits per heavy atom. The second kappa shape index (κ2) is 17.7. The number of amides is 1. The number of carbonyl (C=O) groups is 3. The van der Waals surface area contributed by atoms with Crippen LogP contribution in [0.5, 0.6) is 5.75 Å². The number of imidazole rings is 1. The molecular weight excluding hydrogens is 785 g/mol. The third kappa shape index (κ3) is 8.72. The van der Waals surface area contributed by atoms with Crippen molar-refractivity contribution in [1.82, 2.24) is 9.38 Å². The molecule has 324 valence electrons. The average Bonchev–Trinajstić information content (AvgIpc) is 3.52. The van der Waals surface area contributed by atoms with Gasteiger partial charge in [-0.15, -0.1) is 0 Å². The number of allylic oxidation sites excluding steroid dienone is 2. The fourth-order valence-electron chi connectivity index (χ4n) is 8.37. The van der Waals surface area contributed by atoms with Gasteiger partial charge in [0.2, 0.25) is 5.78 Å². The van der Waals surface area contributed by atoms with E-state index in [1.54, 1.807) is 68.8 Å². The molecule has 0 saturated carbocycles. The number of Topliss-reactive ketones (excluding diaryl/α,β-unsaturated/α-hetero) is 1. The summed E-state index contributed by atoms with van der Waals surface area (Å²) in [6.45, 7) is 12.9. The Balaban J connectivity index is 1.80. The van der Waals surface area contributed by atoms with Gasteiger partial charge in [-0.1, -0.05) is 44.9 Å². The molecule has 61 heavy (non-hydrogen) atoms. The Labute approximate surface area is 353 Å². The van der Waals surface area contributed by atoms with Crippen LogP contribution in [0.15, 0.2) is 59.5 Å². The number of rotatable bonds is 4. The molecule has 0 spiro atoms. The van der Waals surface area contributed by atoms with Crippen LogP contribution in [-0.4, -0.2) is 102 Å². The average molecular weight is 839 g/mol. The number of anilines is 1.